The minimum atomic E-state index is 0.879. The van der Waals surface area contributed by atoms with Crippen LogP contribution in [0.15, 0.2) is 12.2 Å². The fourth-order valence-corrected chi connectivity index (χ4v) is 1.22. The Balaban J connectivity index is 3.00. The second-order valence-electron chi connectivity index (χ2n) is 3.94. The van der Waals surface area contributed by atoms with Gasteiger partial charge in [-0.15, -0.1) is 0 Å². The highest BCUT2D eigenvalue weighted by atomic mass is 14.0. The molecule has 0 heteroatoms. The van der Waals surface area contributed by atoms with E-state index >= 15 is 0 Å². The van der Waals surface area contributed by atoms with Crippen LogP contribution in [-0.4, -0.2) is 0 Å². The third-order valence-corrected chi connectivity index (χ3v) is 2.02. The van der Waals surface area contributed by atoms with Gasteiger partial charge in [0.1, 0.15) is 0 Å². The first kappa shape index (κ1) is 11.7. The smallest absolute Gasteiger partial charge is 0.0351 e. The molecule has 0 aromatic rings. The maximum Gasteiger partial charge on any atom is -0.0351 e. The van der Waals surface area contributed by atoms with Crippen molar-refractivity contribution in [1.82, 2.24) is 0 Å². The van der Waals surface area contributed by atoms with Crippen molar-refractivity contribution in [2.45, 2.75) is 59.3 Å². The largest absolute Gasteiger partial charge is 0.0885 e. The molecule has 0 spiro atoms. The predicted octanol–water partition coefficient (Wildman–Crippen LogP) is 4.56. The van der Waals surface area contributed by atoms with E-state index in [1.807, 2.05) is 0 Å². The molecule has 12 heavy (non-hydrogen) atoms. The highest BCUT2D eigenvalue weighted by molar-refractivity contribution is 4.80. The van der Waals surface area contributed by atoms with Crippen molar-refractivity contribution >= 4 is 0 Å². The summed E-state index contributed by atoms with van der Waals surface area (Å²) in [5.41, 5.74) is 0. The number of allylic oxidation sites excluding steroid dienone is 2. The molecule has 0 amide bonds. The fraction of sp³-hybridized carbons (Fsp3) is 0.833. The molecule has 0 atom stereocenters. The molecule has 0 saturated carbocycles. The van der Waals surface area contributed by atoms with Crippen LogP contribution in [0.5, 0.6) is 0 Å². The standard InChI is InChI=1S/C12H24/c1-4-5-6-7-8-9-10-11-12(2)3/h6-7,12H,4-5,8-11H2,1-3H3. The van der Waals surface area contributed by atoms with Crippen LogP contribution in [0.3, 0.4) is 0 Å². The van der Waals surface area contributed by atoms with Crippen molar-refractivity contribution in [3.05, 3.63) is 12.2 Å². The van der Waals surface area contributed by atoms with Gasteiger partial charge in [0, 0.05) is 0 Å². The van der Waals surface area contributed by atoms with E-state index in [2.05, 4.69) is 32.9 Å². The van der Waals surface area contributed by atoms with Crippen molar-refractivity contribution in [2.24, 2.45) is 5.92 Å². The number of hydrogen-bond donors (Lipinski definition) is 0. The second-order valence-corrected chi connectivity index (χ2v) is 3.94. The third-order valence-electron chi connectivity index (χ3n) is 2.02. The molecule has 0 aromatic carbocycles. The van der Waals surface area contributed by atoms with Gasteiger partial charge in [-0.05, 0) is 25.2 Å². The third kappa shape index (κ3) is 9.74. The van der Waals surface area contributed by atoms with Gasteiger partial charge >= 0.3 is 0 Å². The zero-order valence-electron chi connectivity index (χ0n) is 8.97. The predicted molar refractivity (Wildman–Crippen MR) is 57.4 cm³/mol. The zero-order valence-corrected chi connectivity index (χ0v) is 8.97. The second kappa shape index (κ2) is 8.83. The van der Waals surface area contributed by atoms with Crippen LogP contribution in [-0.2, 0) is 0 Å². The fourth-order valence-electron chi connectivity index (χ4n) is 1.22. The average Bonchev–Trinajstić information content (AvgIpc) is 2.02. The maximum atomic E-state index is 2.34. The Hall–Kier alpha value is -0.260. The van der Waals surface area contributed by atoms with Gasteiger partial charge in [0.15, 0.2) is 0 Å². The average molecular weight is 168 g/mol. The number of rotatable bonds is 7. The lowest BCUT2D eigenvalue weighted by Crippen LogP contribution is -1.85. The Morgan fingerprint density at radius 3 is 2.25 bits per heavy atom. The summed E-state index contributed by atoms with van der Waals surface area (Å²) in [4.78, 5) is 0. The Morgan fingerprint density at radius 2 is 1.67 bits per heavy atom. The van der Waals surface area contributed by atoms with Gasteiger partial charge in [-0.2, -0.15) is 0 Å². The van der Waals surface area contributed by atoms with E-state index in [1.165, 1.54) is 38.5 Å². The van der Waals surface area contributed by atoms with E-state index in [1.54, 1.807) is 0 Å². The van der Waals surface area contributed by atoms with E-state index in [9.17, 15) is 0 Å². The monoisotopic (exact) mass is 168 g/mol. The Bertz CT molecular complexity index is 101. The maximum absolute atomic E-state index is 2.34. The van der Waals surface area contributed by atoms with Gasteiger partial charge in [-0.3, -0.25) is 0 Å². The van der Waals surface area contributed by atoms with Gasteiger partial charge in [-0.25, -0.2) is 0 Å². The zero-order chi connectivity index (χ0) is 9.23. The summed E-state index contributed by atoms with van der Waals surface area (Å²) in [5.74, 6) is 0.879. The summed E-state index contributed by atoms with van der Waals surface area (Å²) in [7, 11) is 0. The van der Waals surface area contributed by atoms with Crippen LogP contribution in [0.4, 0.5) is 0 Å². The van der Waals surface area contributed by atoms with Crippen molar-refractivity contribution < 1.29 is 0 Å². The van der Waals surface area contributed by atoms with Crippen LogP contribution in [0.2, 0.25) is 0 Å². The lowest BCUT2D eigenvalue weighted by atomic mass is 10.1. The molecule has 0 N–H and O–H groups in total. The molecule has 0 saturated heterocycles. The van der Waals surface area contributed by atoms with Gasteiger partial charge < -0.3 is 0 Å². The molecular weight excluding hydrogens is 144 g/mol. The molecule has 0 radical (unpaired) electrons. The van der Waals surface area contributed by atoms with E-state index in [-0.39, 0.29) is 0 Å². The summed E-state index contributed by atoms with van der Waals surface area (Å²) in [5, 5.41) is 0. The van der Waals surface area contributed by atoms with Crippen molar-refractivity contribution in [1.29, 1.82) is 0 Å². The molecule has 0 aliphatic heterocycles. The van der Waals surface area contributed by atoms with Gasteiger partial charge in [0.2, 0.25) is 0 Å². The lowest BCUT2D eigenvalue weighted by Gasteiger charge is -2.01. The van der Waals surface area contributed by atoms with Crippen LogP contribution < -0.4 is 0 Å². The topological polar surface area (TPSA) is 0 Å². The molecule has 0 heterocycles. The van der Waals surface area contributed by atoms with Crippen LogP contribution >= 0.6 is 0 Å². The van der Waals surface area contributed by atoms with Crippen molar-refractivity contribution in [3.63, 3.8) is 0 Å². The summed E-state index contributed by atoms with van der Waals surface area (Å²) < 4.78 is 0. The highest BCUT2D eigenvalue weighted by Gasteiger charge is 1.91. The molecule has 0 aromatic heterocycles. The van der Waals surface area contributed by atoms with Crippen LogP contribution in [0, 0.1) is 5.92 Å². The summed E-state index contributed by atoms with van der Waals surface area (Å²) in [6.45, 7) is 6.82. The van der Waals surface area contributed by atoms with E-state index in [0.29, 0.717) is 0 Å². The van der Waals surface area contributed by atoms with Crippen LogP contribution in [0.1, 0.15) is 59.3 Å². The van der Waals surface area contributed by atoms with Crippen molar-refractivity contribution in [3.8, 4) is 0 Å². The summed E-state index contributed by atoms with van der Waals surface area (Å²) in [6, 6.07) is 0. The van der Waals surface area contributed by atoms with Crippen LogP contribution in [0.25, 0.3) is 0 Å². The van der Waals surface area contributed by atoms with E-state index in [0.717, 1.165) is 5.92 Å². The molecule has 0 aliphatic carbocycles. The quantitative estimate of drug-likeness (QED) is 0.386. The minimum Gasteiger partial charge on any atom is -0.0885 e. The highest BCUT2D eigenvalue weighted by Crippen LogP contribution is 2.08. The molecule has 0 aliphatic rings. The SMILES string of the molecule is CCCC=CCCCCC(C)C. The normalized spacial score (nSPS) is 11.7. The molecule has 0 unspecified atom stereocenters. The Labute approximate surface area is 78.1 Å². The first-order valence-electron chi connectivity index (χ1n) is 5.42. The first-order valence-corrected chi connectivity index (χ1v) is 5.42. The number of hydrogen-bond acceptors (Lipinski definition) is 0. The molecule has 0 rings (SSSR count). The molecule has 0 fully saturated rings. The van der Waals surface area contributed by atoms with E-state index < -0.39 is 0 Å². The van der Waals surface area contributed by atoms with Crippen molar-refractivity contribution in [2.75, 3.05) is 0 Å². The Morgan fingerprint density at radius 1 is 1.00 bits per heavy atom. The first-order chi connectivity index (χ1) is 5.77. The molecule has 0 bridgehead atoms. The number of unbranched alkanes of at least 4 members (excludes halogenated alkanes) is 3. The molecular formula is C12H24. The molecule has 0 nitrogen and oxygen atoms in total. The Kier molecular flexibility index (Phi) is 8.64. The van der Waals surface area contributed by atoms with Gasteiger partial charge in [0.05, 0.1) is 0 Å². The molecule has 72 valence electrons. The van der Waals surface area contributed by atoms with Gasteiger partial charge in [0.25, 0.3) is 0 Å². The van der Waals surface area contributed by atoms with Gasteiger partial charge in [-0.1, -0.05) is 52.2 Å². The summed E-state index contributed by atoms with van der Waals surface area (Å²) >= 11 is 0. The lowest BCUT2D eigenvalue weighted by molar-refractivity contribution is 0.540. The summed E-state index contributed by atoms with van der Waals surface area (Å²) in [6.07, 6.45) is 12.6. The minimum absolute atomic E-state index is 0.879. The van der Waals surface area contributed by atoms with E-state index in [4.69, 9.17) is 0 Å².